The predicted octanol–water partition coefficient (Wildman–Crippen LogP) is 1.96. The fourth-order valence-corrected chi connectivity index (χ4v) is 1.81. The molecule has 0 aliphatic rings. The van der Waals surface area contributed by atoms with Crippen molar-refractivity contribution in [1.82, 2.24) is 20.2 Å². The summed E-state index contributed by atoms with van der Waals surface area (Å²) in [6.07, 6.45) is 5.28. The Bertz CT molecular complexity index is 612. The molecule has 0 saturated heterocycles. The van der Waals surface area contributed by atoms with Gasteiger partial charge in [0.1, 0.15) is 11.3 Å². The number of rotatable bonds is 2. The highest BCUT2D eigenvalue weighted by atomic mass is 16.5. The van der Waals surface area contributed by atoms with Crippen LogP contribution in [0.15, 0.2) is 30.9 Å². The first-order valence-electron chi connectivity index (χ1n) is 4.89. The number of hydrogen-bond donors (Lipinski definition) is 2. The van der Waals surface area contributed by atoms with E-state index in [4.69, 9.17) is 4.74 Å². The molecular formula is C11H10N4O. The summed E-state index contributed by atoms with van der Waals surface area (Å²) in [7, 11) is 1.65. The summed E-state index contributed by atoms with van der Waals surface area (Å²) in [6.45, 7) is 0. The van der Waals surface area contributed by atoms with Crippen molar-refractivity contribution in [1.29, 1.82) is 0 Å². The van der Waals surface area contributed by atoms with E-state index in [0.717, 1.165) is 27.9 Å². The van der Waals surface area contributed by atoms with Gasteiger partial charge in [-0.15, -0.1) is 0 Å². The van der Waals surface area contributed by atoms with Crippen LogP contribution in [0, 0.1) is 0 Å². The maximum Gasteiger partial charge on any atom is 0.144 e. The quantitative estimate of drug-likeness (QED) is 0.685. The Hall–Kier alpha value is -2.30. The molecule has 0 aliphatic heterocycles. The maximum atomic E-state index is 5.26. The van der Waals surface area contributed by atoms with E-state index in [0.29, 0.717) is 0 Å². The van der Waals surface area contributed by atoms with Crippen LogP contribution in [-0.4, -0.2) is 27.3 Å². The lowest BCUT2D eigenvalue weighted by Gasteiger charge is -2.04. The third kappa shape index (κ3) is 1.18. The third-order valence-electron chi connectivity index (χ3n) is 2.57. The summed E-state index contributed by atoms with van der Waals surface area (Å²) in [5.41, 5.74) is 3.84. The summed E-state index contributed by atoms with van der Waals surface area (Å²) >= 11 is 0. The van der Waals surface area contributed by atoms with Gasteiger partial charge in [0.2, 0.25) is 0 Å². The van der Waals surface area contributed by atoms with Gasteiger partial charge < -0.3 is 9.72 Å². The van der Waals surface area contributed by atoms with Crippen LogP contribution >= 0.6 is 0 Å². The van der Waals surface area contributed by atoms with Gasteiger partial charge in [0, 0.05) is 17.3 Å². The zero-order valence-electron chi connectivity index (χ0n) is 8.69. The minimum Gasteiger partial charge on any atom is -0.494 e. The molecule has 5 heteroatoms. The molecule has 0 fully saturated rings. The van der Waals surface area contributed by atoms with Gasteiger partial charge in [-0.1, -0.05) is 0 Å². The fraction of sp³-hybridized carbons (Fsp3) is 0.0909. The van der Waals surface area contributed by atoms with Crippen LogP contribution < -0.4 is 4.74 Å². The highest BCUT2D eigenvalue weighted by Crippen LogP contribution is 2.31. The summed E-state index contributed by atoms with van der Waals surface area (Å²) < 4.78 is 5.26. The molecule has 0 unspecified atom stereocenters. The Morgan fingerprint density at radius 2 is 2.25 bits per heavy atom. The summed E-state index contributed by atoms with van der Waals surface area (Å²) in [6, 6.07) is 3.90. The molecule has 2 aromatic heterocycles. The van der Waals surface area contributed by atoms with E-state index in [2.05, 4.69) is 20.2 Å². The molecule has 1 aromatic carbocycles. The number of benzene rings is 1. The van der Waals surface area contributed by atoms with Crippen molar-refractivity contribution >= 4 is 11.0 Å². The molecule has 16 heavy (non-hydrogen) atoms. The number of fused-ring (bicyclic) bond motifs is 1. The minimum absolute atomic E-state index is 0.791. The number of H-pyrrole nitrogens is 2. The molecule has 3 aromatic rings. The molecule has 0 bridgehead atoms. The maximum absolute atomic E-state index is 5.26. The third-order valence-corrected chi connectivity index (χ3v) is 2.57. The Morgan fingerprint density at radius 1 is 1.31 bits per heavy atom. The van der Waals surface area contributed by atoms with Crippen molar-refractivity contribution in [2.45, 2.75) is 0 Å². The van der Waals surface area contributed by atoms with Crippen molar-refractivity contribution in [3.63, 3.8) is 0 Å². The van der Waals surface area contributed by atoms with Crippen molar-refractivity contribution in [2.75, 3.05) is 7.11 Å². The number of nitrogens with one attached hydrogen (secondary N) is 2. The lowest BCUT2D eigenvalue weighted by Crippen LogP contribution is -1.86. The van der Waals surface area contributed by atoms with Gasteiger partial charge in [-0.05, 0) is 12.1 Å². The molecule has 0 radical (unpaired) electrons. The van der Waals surface area contributed by atoms with Crippen LogP contribution in [0.1, 0.15) is 0 Å². The highest BCUT2D eigenvalue weighted by molar-refractivity contribution is 5.94. The van der Waals surface area contributed by atoms with Crippen LogP contribution in [0.5, 0.6) is 5.75 Å². The first-order chi connectivity index (χ1) is 7.90. The van der Waals surface area contributed by atoms with Gasteiger partial charge in [0.15, 0.2) is 0 Å². The second-order valence-electron chi connectivity index (χ2n) is 3.43. The van der Waals surface area contributed by atoms with Crippen LogP contribution in [0.2, 0.25) is 0 Å². The number of nitrogens with zero attached hydrogens (tertiary/aromatic N) is 2. The molecule has 2 N–H and O–H groups in total. The predicted molar refractivity (Wildman–Crippen MR) is 60.2 cm³/mol. The Morgan fingerprint density at radius 3 is 3.00 bits per heavy atom. The molecule has 0 atom stereocenters. The lowest BCUT2D eigenvalue weighted by atomic mass is 10.1. The van der Waals surface area contributed by atoms with Crippen LogP contribution in [-0.2, 0) is 0 Å². The zero-order valence-corrected chi connectivity index (χ0v) is 8.69. The lowest BCUT2D eigenvalue weighted by molar-refractivity contribution is 0.419. The van der Waals surface area contributed by atoms with Gasteiger partial charge in [-0.3, -0.25) is 5.10 Å². The monoisotopic (exact) mass is 214 g/mol. The highest BCUT2D eigenvalue weighted by Gasteiger charge is 2.10. The topological polar surface area (TPSA) is 66.6 Å². The largest absolute Gasteiger partial charge is 0.494 e. The van der Waals surface area contributed by atoms with Crippen LogP contribution in [0.3, 0.4) is 0 Å². The van der Waals surface area contributed by atoms with E-state index in [1.807, 2.05) is 18.3 Å². The molecule has 0 aliphatic carbocycles. The van der Waals surface area contributed by atoms with Crippen LogP contribution in [0.25, 0.3) is 22.2 Å². The van der Waals surface area contributed by atoms with Gasteiger partial charge in [0.05, 0.1) is 25.2 Å². The number of methoxy groups -OCH3 is 1. The molecule has 0 spiro atoms. The first kappa shape index (κ1) is 8.96. The molecule has 3 rings (SSSR count). The van der Waals surface area contributed by atoms with Gasteiger partial charge >= 0.3 is 0 Å². The molecule has 0 saturated carbocycles. The Kier molecular flexibility index (Phi) is 1.89. The van der Waals surface area contributed by atoms with E-state index in [9.17, 15) is 0 Å². The SMILES string of the molecule is COc1ccc(-c2cn[nH]c2)c2nc[nH]c12. The van der Waals surface area contributed by atoms with Crippen molar-refractivity contribution < 1.29 is 4.74 Å². The number of ether oxygens (including phenoxy) is 1. The molecule has 5 nitrogen and oxygen atoms in total. The second-order valence-corrected chi connectivity index (χ2v) is 3.43. The number of aromatic nitrogens is 4. The number of hydrogen-bond acceptors (Lipinski definition) is 3. The normalized spacial score (nSPS) is 10.8. The molecular weight excluding hydrogens is 204 g/mol. The van der Waals surface area contributed by atoms with E-state index in [1.54, 1.807) is 19.6 Å². The van der Waals surface area contributed by atoms with Crippen LogP contribution in [0.4, 0.5) is 0 Å². The fourth-order valence-electron chi connectivity index (χ4n) is 1.81. The van der Waals surface area contributed by atoms with Gasteiger partial charge in [-0.2, -0.15) is 5.10 Å². The Labute approximate surface area is 91.5 Å². The second kappa shape index (κ2) is 3.37. The van der Waals surface area contributed by atoms with E-state index in [-0.39, 0.29) is 0 Å². The molecule has 80 valence electrons. The minimum atomic E-state index is 0.791. The standard InChI is InChI=1S/C11H10N4O/c1-16-9-3-2-8(7-4-14-15-5-7)10-11(9)13-6-12-10/h2-6H,1H3,(H,12,13)(H,14,15). The average Bonchev–Trinajstić information content (AvgIpc) is 2.98. The number of aromatic amines is 2. The van der Waals surface area contributed by atoms with Crippen molar-refractivity contribution in [2.24, 2.45) is 0 Å². The Balaban J connectivity index is 2.31. The van der Waals surface area contributed by atoms with E-state index in [1.165, 1.54) is 0 Å². The smallest absolute Gasteiger partial charge is 0.144 e. The summed E-state index contributed by atoms with van der Waals surface area (Å²) in [4.78, 5) is 7.38. The molecule has 0 amide bonds. The van der Waals surface area contributed by atoms with Gasteiger partial charge in [0.25, 0.3) is 0 Å². The van der Waals surface area contributed by atoms with E-state index < -0.39 is 0 Å². The summed E-state index contributed by atoms with van der Waals surface area (Å²) in [5.74, 6) is 0.791. The summed E-state index contributed by atoms with van der Waals surface area (Å²) in [5, 5.41) is 6.73. The molecule has 2 heterocycles. The van der Waals surface area contributed by atoms with Crippen molar-refractivity contribution in [3.8, 4) is 16.9 Å². The first-order valence-corrected chi connectivity index (χ1v) is 4.89. The van der Waals surface area contributed by atoms with Gasteiger partial charge in [-0.25, -0.2) is 4.98 Å². The number of imidazole rings is 1. The van der Waals surface area contributed by atoms with E-state index >= 15 is 0 Å². The zero-order chi connectivity index (χ0) is 11.0. The average molecular weight is 214 g/mol. The van der Waals surface area contributed by atoms with Crippen molar-refractivity contribution in [3.05, 3.63) is 30.9 Å².